The van der Waals surface area contributed by atoms with Crippen LogP contribution in [0.4, 0.5) is 0 Å². The Morgan fingerprint density at radius 1 is 1.10 bits per heavy atom. The fourth-order valence-corrected chi connectivity index (χ4v) is 5.04. The van der Waals surface area contributed by atoms with Crippen molar-refractivity contribution in [2.24, 2.45) is 0 Å². The van der Waals surface area contributed by atoms with E-state index < -0.39 is 0 Å². The minimum atomic E-state index is -0.136. The Bertz CT molecular complexity index is 1320. The normalized spacial score (nSPS) is 11.1. The van der Waals surface area contributed by atoms with E-state index in [9.17, 15) is 4.79 Å². The molecule has 3 heterocycles. The molecule has 0 radical (unpaired) electrons. The third-order valence-corrected chi connectivity index (χ3v) is 7.01. The van der Waals surface area contributed by atoms with Crippen LogP contribution < -0.4 is 5.32 Å². The van der Waals surface area contributed by atoms with Gasteiger partial charge in [-0.05, 0) is 36.6 Å². The Kier molecular flexibility index (Phi) is 4.90. The zero-order chi connectivity index (χ0) is 20.5. The van der Waals surface area contributed by atoms with Crippen LogP contribution in [0.15, 0.2) is 70.6 Å². The Hall–Kier alpha value is -3.29. The minimum Gasteiger partial charge on any atom is -0.355 e. The van der Waals surface area contributed by atoms with E-state index in [0.717, 1.165) is 36.9 Å². The molecule has 0 spiro atoms. The van der Waals surface area contributed by atoms with Crippen molar-refractivity contribution in [3.63, 3.8) is 0 Å². The van der Waals surface area contributed by atoms with Crippen molar-refractivity contribution in [1.82, 2.24) is 15.5 Å². The molecule has 1 N–H and O–H groups in total. The summed E-state index contributed by atoms with van der Waals surface area (Å²) in [5.41, 5.74) is 3.18. The number of hydrogen-bond donors (Lipinski definition) is 1. The number of nitrogens with zero attached hydrogens (tertiary/aromatic N) is 2. The maximum Gasteiger partial charge on any atom is 0.251 e. The first kappa shape index (κ1) is 18.7. The number of rotatable bonds is 5. The molecule has 0 atom stereocenters. The summed E-state index contributed by atoms with van der Waals surface area (Å²) >= 11 is 3.28. The highest BCUT2D eigenvalue weighted by atomic mass is 32.1. The maximum atomic E-state index is 12.8. The number of carbonyl (C=O) groups excluding carboxylic acids is 1. The Balaban J connectivity index is 1.37. The van der Waals surface area contributed by atoms with E-state index in [1.54, 1.807) is 28.7 Å². The number of thiazole rings is 1. The topological polar surface area (TPSA) is 68.0 Å². The smallest absolute Gasteiger partial charge is 0.251 e. The van der Waals surface area contributed by atoms with Crippen molar-refractivity contribution in [2.75, 3.05) is 0 Å². The predicted octanol–water partition coefficient (Wildman–Crippen LogP) is 5.92. The van der Waals surface area contributed by atoms with Gasteiger partial charge in [0.2, 0.25) is 0 Å². The second kappa shape index (κ2) is 7.85. The van der Waals surface area contributed by atoms with Crippen molar-refractivity contribution in [2.45, 2.75) is 13.5 Å². The first-order valence-corrected chi connectivity index (χ1v) is 11.1. The lowest BCUT2D eigenvalue weighted by molar-refractivity contribution is 0.0951. The van der Waals surface area contributed by atoms with E-state index >= 15 is 0 Å². The van der Waals surface area contributed by atoms with Gasteiger partial charge >= 0.3 is 0 Å². The average Bonchev–Trinajstić information content (AvgIpc) is 3.52. The van der Waals surface area contributed by atoms with Crippen molar-refractivity contribution < 1.29 is 9.32 Å². The molecule has 7 heteroatoms. The Morgan fingerprint density at radius 3 is 2.77 bits per heavy atom. The van der Waals surface area contributed by atoms with Gasteiger partial charge in [-0.15, -0.1) is 22.7 Å². The standard InChI is InChI=1S/C23H17N3O2S2/c1-14-20(30-23(25-14)19-8-5-11-29-19)13-24-22(27)16-9-10-18-17(12-16)21(28-26-18)15-6-3-2-4-7-15/h2-12H,13H2,1H3,(H,24,27). The van der Waals surface area contributed by atoms with Gasteiger partial charge in [-0.25, -0.2) is 4.98 Å². The van der Waals surface area contributed by atoms with Crippen LogP contribution in [0, 0.1) is 6.92 Å². The number of benzene rings is 2. The number of fused-ring (bicyclic) bond motifs is 1. The van der Waals surface area contributed by atoms with Gasteiger partial charge < -0.3 is 9.84 Å². The number of thiophene rings is 1. The fourth-order valence-electron chi connectivity index (χ4n) is 3.24. The summed E-state index contributed by atoms with van der Waals surface area (Å²) in [4.78, 5) is 19.6. The molecule has 0 aliphatic rings. The lowest BCUT2D eigenvalue weighted by Crippen LogP contribution is -2.22. The van der Waals surface area contributed by atoms with Crippen molar-refractivity contribution in [3.8, 4) is 21.2 Å². The van der Waals surface area contributed by atoms with E-state index in [0.29, 0.717) is 17.9 Å². The average molecular weight is 432 g/mol. The summed E-state index contributed by atoms with van der Waals surface area (Å²) < 4.78 is 5.53. The molecule has 0 fully saturated rings. The summed E-state index contributed by atoms with van der Waals surface area (Å²) in [5.74, 6) is 0.529. The van der Waals surface area contributed by atoms with Gasteiger partial charge in [0.05, 0.1) is 22.5 Å². The molecule has 30 heavy (non-hydrogen) atoms. The van der Waals surface area contributed by atoms with Crippen molar-refractivity contribution in [1.29, 1.82) is 0 Å². The number of carbonyl (C=O) groups is 1. The maximum absolute atomic E-state index is 12.8. The summed E-state index contributed by atoms with van der Waals surface area (Å²) in [5, 5.41) is 11.0. The highest BCUT2D eigenvalue weighted by Gasteiger charge is 2.15. The highest BCUT2D eigenvalue weighted by Crippen LogP contribution is 2.31. The minimum absolute atomic E-state index is 0.136. The Labute approximate surface area is 181 Å². The van der Waals surface area contributed by atoms with Crippen LogP contribution in [-0.4, -0.2) is 16.0 Å². The molecule has 5 rings (SSSR count). The number of nitrogens with one attached hydrogen (secondary N) is 1. The molecule has 5 aromatic rings. The molecule has 5 nitrogen and oxygen atoms in total. The number of aromatic nitrogens is 2. The lowest BCUT2D eigenvalue weighted by atomic mass is 10.1. The van der Waals surface area contributed by atoms with E-state index in [-0.39, 0.29) is 5.91 Å². The van der Waals surface area contributed by atoms with Crippen LogP contribution in [0.2, 0.25) is 0 Å². The van der Waals surface area contributed by atoms with Crippen LogP contribution >= 0.6 is 22.7 Å². The molecule has 2 aromatic carbocycles. The molecule has 0 aliphatic heterocycles. The molecule has 3 aromatic heterocycles. The number of hydrogen-bond acceptors (Lipinski definition) is 6. The van der Waals surface area contributed by atoms with Gasteiger partial charge in [0.1, 0.15) is 10.5 Å². The molecule has 0 unspecified atom stereocenters. The lowest BCUT2D eigenvalue weighted by Gasteiger charge is -2.05. The number of aryl methyl sites for hydroxylation is 1. The third kappa shape index (κ3) is 3.53. The van der Waals surface area contributed by atoms with Gasteiger partial charge in [-0.2, -0.15) is 0 Å². The van der Waals surface area contributed by atoms with Crippen LogP contribution in [0.25, 0.3) is 32.1 Å². The first-order chi connectivity index (χ1) is 14.7. The molecular weight excluding hydrogens is 414 g/mol. The number of amides is 1. The van der Waals surface area contributed by atoms with Crippen LogP contribution in [0.5, 0.6) is 0 Å². The molecule has 0 saturated heterocycles. The predicted molar refractivity (Wildman–Crippen MR) is 121 cm³/mol. The van der Waals surface area contributed by atoms with Crippen molar-refractivity contribution >= 4 is 39.5 Å². The molecule has 1 amide bonds. The van der Waals surface area contributed by atoms with Gasteiger partial charge in [0, 0.05) is 16.0 Å². The molecular formula is C23H17N3O2S2. The zero-order valence-electron chi connectivity index (χ0n) is 16.1. The molecule has 0 aliphatic carbocycles. The molecule has 0 saturated carbocycles. The SMILES string of the molecule is Cc1nc(-c2cccs2)sc1CNC(=O)c1ccc2noc(-c3ccccc3)c2c1. The quantitative estimate of drug-likeness (QED) is 0.375. The highest BCUT2D eigenvalue weighted by molar-refractivity contribution is 7.21. The summed E-state index contributed by atoms with van der Waals surface area (Å²) in [6.07, 6.45) is 0. The first-order valence-electron chi connectivity index (χ1n) is 9.42. The van der Waals surface area contributed by atoms with Crippen LogP contribution in [0.1, 0.15) is 20.9 Å². The van der Waals surface area contributed by atoms with Gasteiger partial charge in [0.15, 0.2) is 5.76 Å². The summed E-state index contributed by atoms with van der Waals surface area (Å²) in [6, 6.07) is 19.3. The van der Waals surface area contributed by atoms with Gasteiger partial charge in [-0.3, -0.25) is 4.79 Å². The van der Waals surface area contributed by atoms with E-state index in [4.69, 9.17) is 4.52 Å². The van der Waals surface area contributed by atoms with E-state index in [2.05, 4.69) is 21.5 Å². The van der Waals surface area contributed by atoms with Crippen LogP contribution in [-0.2, 0) is 6.54 Å². The van der Waals surface area contributed by atoms with Gasteiger partial charge in [-0.1, -0.05) is 41.6 Å². The van der Waals surface area contributed by atoms with Crippen LogP contribution in [0.3, 0.4) is 0 Å². The zero-order valence-corrected chi connectivity index (χ0v) is 17.7. The molecule has 0 bridgehead atoms. The second-order valence-electron chi connectivity index (χ2n) is 6.80. The summed E-state index contributed by atoms with van der Waals surface area (Å²) in [6.45, 7) is 2.42. The van der Waals surface area contributed by atoms with E-state index in [1.165, 1.54) is 0 Å². The monoisotopic (exact) mass is 431 g/mol. The van der Waals surface area contributed by atoms with Gasteiger partial charge in [0.25, 0.3) is 5.91 Å². The largest absolute Gasteiger partial charge is 0.355 e. The molecule has 148 valence electrons. The van der Waals surface area contributed by atoms with Crippen molar-refractivity contribution in [3.05, 3.63) is 82.2 Å². The second-order valence-corrected chi connectivity index (χ2v) is 8.83. The summed E-state index contributed by atoms with van der Waals surface area (Å²) in [7, 11) is 0. The van der Waals surface area contributed by atoms with E-state index in [1.807, 2.05) is 60.8 Å². The Morgan fingerprint density at radius 2 is 1.97 bits per heavy atom. The fraction of sp³-hybridized carbons (Fsp3) is 0.0870. The third-order valence-electron chi connectivity index (χ3n) is 4.81.